The molecule has 0 N–H and O–H groups in total. The zero-order chi connectivity index (χ0) is 14.6. The van der Waals surface area contributed by atoms with Crippen LogP contribution in [-0.4, -0.2) is 20.2 Å². The average molecular weight is 264 g/mol. The van der Waals surface area contributed by atoms with Crippen molar-refractivity contribution in [3.63, 3.8) is 0 Å². The first-order valence-electron chi connectivity index (χ1n) is 6.62. The lowest BCUT2D eigenvalue weighted by atomic mass is 9.87. The normalized spacial score (nSPS) is 12.4. The number of carbonyl (C=O) groups is 1. The summed E-state index contributed by atoms with van der Waals surface area (Å²) in [5.41, 5.74) is 3.43. The molecule has 0 spiro atoms. The summed E-state index contributed by atoms with van der Waals surface area (Å²) in [6, 6.07) is 4.13. The summed E-state index contributed by atoms with van der Waals surface area (Å²) in [5.74, 6) is 0.911. The minimum absolute atomic E-state index is 0.100. The summed E-state index contributed by atoms with van der Waals surface area (Å²) in [6.07, 6.45) is 0.709. The number of rotatable bonds is 5. The molecule has 0 aliphatic rings. The second-order valence-electron chi connectivity index (χ2n) is 5.33. The highest BCUT2D eigenvalue weighted by atomic mass is 16.5. The Kier molecular flexibility index (Phi) is 5.40. The third-order valence-corrected chi connectivity index (χ3v) is 3.60. The molecule has 0 fully saturated rings. The molecule has 0 bridgehead atoms. The van der Waals surface area contributed by atoms with Crippen molar-refractivity contribution in [1.29, 1.82) is 0 Å². The summed E-state index contributed by atoms with van der Waals surface area (Å²) in [7, 11) is 3.12. The predicted octanol–water partition coefficient (Wildman–Crippen LogP) is 3.30. The number of carbonyl (C=O) groups excluding carboxylic acids is 1. The second kappa shape index (κ2) is 6.60. The van der Waals surface area contributed by atoms with E-state index in [0.717, 1.165) is 16.9 Å². The standard InChI is InChI=1S/C16H24O3/c1-10(2)14(16(17)19-6)9-13-7-12(4)15(18-5)8-11(13)3/h7-8,10,14H,9H2,1-6H3. The minimum atomic E-state index is -0.136. The smallest absolute Gasteiger partial charge is 0.309 e. The highest BCUT2D eigenvalue weighted by Gasteiger charge is 2.24. The van der Waals surface area contributed by atoms with Gasteiger partial charge in [0.05, 0.1) is 20.1 Å². The zero-order valence-electron chi connectivity index (χ0n) is 12.7. The van der Waals surface area contributed by atoms with Crippen molar-refractivity contribution in [2.24, 2.45) is 11.8 Å². The van der Waals surface area contributed by atoms with E-state index in [-0.39, 0.29) is 17.8 Å². The maximum absolute atomic E-state index is 11.8. The molecule has 1 rings (SSSR count). The Morgan fingerprint density at radius 1 is 1.16 bits per heavy atom. The molecule has 3 heteroatoms. The highest BCUT2D eigenvalue weighted by Crippen LogP contribution is 2.26. The van der Waals surface area contributed by atoms with E-state index < -0.39 is 0 Å². The van der Waals surface area contributed by atoms with Gasteiger partial charge >= 0.3 is 5.97 Å². The van der Waals surface area contributed by atoms with Gasteiger partial charge in [0.1, 0.15) is 5.75 Å². The molecule has 0 heterocycles. The molecule has 0 radical (unpaired) electrons. The van der Waals surface area contributed by atoms with Crippen LogP contribution in [0.1, 0.15) is 30.5 Å². The molecule has 3 nitrogen and oxygen atoms in total. The molecular weight excluding hydrogens is 240 g/mol. The highest BCUT2D eigenvalue weighted by molar-refractivity contribution is 5.73. The summed E-state index contributed by atoms with van der Waals surface area (Å²) in [4.78, 5) is 11.8. The maximum atomic E-state index is 11.8. The van der Waals surface area contributed by atoms with Crippen molar-refractivity contribution < 1.29 is 14.3 Å². The minimum Gasteiger partial charge on any atom is -0.496 e. The lowest BCUT2D eigenvalue weighted by Gasteiger charge is -2.20. The van der Waals surface area contributed by atoms with Crippen LogP contribution >= 0.6 is 0 Å². The molecule has 1 aromatic rings. The number of hydrogen-bond acceptors (Lipinski definition) is 3. The van der Waals surface area contributed by atoms with Crippen LogP contribution in [0.4, 0.5) is 0 Å². The first-order valence-corrected chi connectivity index (χ1v) is 6.62. The van der Waals surface area contributed by atoms with Crippen LogP contribution in [-0.2, 0) is 16.0 Å². The summed E-state index contributed by atoms with van der Waals surface area (Å²) < 4.78 is 10.2. The first kappa shape index (κ1) is 15.5. The van der Waals surface area contributed by atoms with Gasteiger partial charge in [0, 0.05) is 0 Å². The SMILES string of the molecule is COC(=O)C(Cc1cc(C)c(OC)cc1C)C(C)C. The van der Waals surface area contributed by atoms with Gasteiger partial charge < -0.3 is 9.47 Å². The van der Waals surface area contributed by atoms with Crippen LogP contribution in [0.2, 0.25) is 0 Å². The molecule has 1 unspecified atom stereocenters. The number of methoxy groups -OCH3 is 2. The number of aryl methyl sites for hydroxylation is 2. The number of esters is 1. The topological polar surface area (TPSA) is 35.5 Å². The molecule has 1 atom stereocenters. The van der Waals surface area contributed by atoms with Gasteiger partial charge in [0.25, 0.3) is 0 Å². The van der Waals surface area contributed by atoms with Crippen LogP contribution < -0.4 is 4.74 Å². The van der Waals surface area contributed by atoms with E-state index in [2.05, 4.69) is 6.07 Å². The molecule has 19 heavy (non-hydrogen) atoms. The van der Waals surface area contributed by atoms with Gasteiger partial charge in [0.15, 0.2) is 0 Å². The van der Waals surface area contributed by atoms with Gasteiger partial charge in [0.2, 0.25) is 0 Å². The van der Waals surface area contributed by atoms with Gasteiger partial charge in [-0.05, 0) is 48.9 Å². The quantitative estimate of drug-likeness (QED) is 0.765. The lowest BCUT2D eigenvalue weighted by molar-refractivity contribution is -0.146. The van der Waals surface area contributed by atoms with Crippen molar-refractivity contribution in [3.05, 3.63) is 28.8 Å². The molecule has 0 saturated heterocycles. The Balaban J connectivity index is 3.03. The Hall–Kier alpha value is -1.51. The Bertz CT molecular complexity index is 450. The number of ether oxygens (including phenoxy) is 2. The fourth-order valence-corrected chi connectivity index (χ4v) is 2.27. The number of hydrogen-bond donors (Lipinski definition) is 0. The third kappa shape index (κ3) is 3.72. The average Bonchev–Trinajstić information content (AvgIpc) is 2.37. The molecule has 0 aliphatic carbocycles. The zero-order valence-corrected chi connectivity index (χ0v) is 12.7. The molecule has 0 aliphatic heterocycles. The van der Waals surface area contributed by atoms with Gasteiger partial charge in [-0.2, -0.15) is 0 Å². The van der Waals surface area contributed by atoms with Crippen molar-refractivity contribution in [2.75, 3.05) is 14.2 Å². The summed E-state index contributed by atoms with van der Waals surface area (Å²) in [5, 5.41) is 0. The van der Waals surface area contributed by atoms with E-state index in [0.29, 0.717) is 6.42 Å². The van der Waals surface area contributed by atoms with E-state index in [4.69, 9.17) is 9.47 Å². The van der Waals surface area contributed by atoms with Crippen LogP contribution in [0.3, 0.4) is 0 Å². The summed E-state index contributed by atoms with van der Waals surface area (Å²) >= 11 is 0. The third-order valence-electron chi connectivity index (χ3n) is 3.60. The van der Waals surface area contributed by atoms with E-state index in [1.54, 1.807) is 7.11 Å². The molecule has 0 saturated carbocycles. The van der Waals surface area contributed by atoms with Crippen molar-refractivity contribution >= 4 is 5.97 Å². The summed E-state index contributed by atoms with van der Waals surface area (Å²) in [6.45, 7) is 8.16. The monoisotopic (exact) mass is 264 g/mol. The van der Waals surface area contributed by atoms with Crippen molar-refractivity contribution in [1.82, 2.24) is 0 Å². The van der Waals surface area contributed by atoms with Crippen LogP contribution in [0, 0.1) is 25.7 Å². The van der Waals surface area contributed by atoms with Crippen molar-refractivity contribution in [2.45, 2.75) is 34.1 Å². The van der Waals surface area contributed by atoms with Crippen LogP contribution in [0.15, 0.2) is 12.1 Å². The van der Waals surface area contributed by atoms with Crippen LogP contribution in [0.5, 0.6) is 5.75 Å². The maximum Gasteiger partial charge on any atom is 0.309 e. The molecule has 106 valence electrons. The lowest BCUT2D eigenvalue weighted by Crippen LogP contribution is -2.24. The predicted molar refractivity (Wildman–Crippen MR) is 76.5 cm³/mol. The largest absolute Gasteiger partial charge is 0.496 e. The molecular formula is C16H24O3. The molecule has 0 aromatic heterocycles. The Labute approximate surface area is 115 Å². The van der Waals surface area contributed by atoms with Gasteiger partial charge in [-0.3, -0.25) is 4.79 Å². The second-order valence-corrected chi connectivity index (χ2v) is 5.33. The fourth-order valence-electron chi connectivity index (χ4n) is 2.27. The van der Waals surface area contributed by atoms with E-state index in [9.17, 15) is 4.79 Å². The fraction of sp³-hybridized carbons (Fsp3) is 0.562. The number of benzene rings is 1. The van der Waals surface area contributed by atoms with Gasteiger partial charge in [-0.15, -0.1) is 0 Å². The Morgan fingerprint density at radius 2 is 1.79 bits per heavy atom. The van der Waals surface area contributed by atoms with E-state index >= 15 is 0 Å². The molecule has 0 amide bonds. The van der Waals surface area contributed by atoms with Crippen LogP contribution in [0.25, 0.3) is 0 Å². The van der Waals surface area contributed by atoms with Crippen molar-refractivity contribution in [3.8, 4) is 5.75 Å². The van der Waals surface area contributed by atoms with Gasteiger partial charge in [-0.1, -0.05) is 19.9 Å². The van der Waals surface area contributed by atoms with Gasteiger partial charge in [-0.25, -0.2) is 0 Å². The van der Waals surface area contributed by atoms with E-state index in [1.165, 1.54) is 12.7 Å². The van der Waals surface area contributed by atoms with E-state index in [1.807, 2.05) is 33.8 Å². The molecule has 1 aromatic carbocycles. The Morgan fingerprint density at radius 3 is 2.26 bits per heavy atom. The first-order chi connectivity index (χ1) is 8.90.